The summed E-state index contributed by atoms with van der Waals surface area (Å²) in [5, 5.41) is 3.42. The van der Waals surface area contributed by atoms with Crippen molar-refractivity contribution in [1.29, 1.82) is 0 Å². The van der Waals surface area contributed by atoms with Gasteiger partial charge >= 0.3 is 0 Å². The van der Waals surface area contributed by atoms with Crippen molar-refractivity contribution in [3.05, 3.63) is 45.8 Å². The first-order valence-electron chi connectivity index (χ1n) is 9.50. The molecule has 1 aliphatic carbocycles. The van der Waals surface area contributed by atoms with E-state index >= 15 is 0 Å². The van der Waals surface area contributed by atoms with Gasteiger partial charge in [0.1, 0.15) is 10.8 Å². The molecule has 0 aliphatic heterocycles. The van der Waals surface area contributed by atoms with E-state index in [-0.39, 0.29) is 5.91 Å². The van der Waals surface area contributed by atoms with Crippen LogP contribution < -0.4 is 15.8 Å². The van der Waals surface area contributed by atoms with Crippen LogP contribution in [0.2, 0.25) is 0 Å². The Kier molecular flexibility index (Phi) is 6.16. The van der Waals surface area contributed by atoms with Gasteiger partial charge in [0.15, 0.2) is 6.10 Å². The third-order valence-corrected chi connectivity index (χ3v) is 6.13. The molecule has 27 heavy (non-hydrogen) atoms. The SMILES string of the molecule is CCc1ccc(OC(C)C(=O)Nc2sc3c(c2C(N)=O)CCCCC3)cc1. The molecule has 0 saturated carbocycles. The number of primary amides is 1. The normalized spacial score (nSPS) is 14.7. The summed E-state index contributed by atoms with van der Waals surface area (Å²) in [5.41, 5.74) is 8.33. The molecule has 5 nitrogen and oxygen atoms in total. The van der Waals surface area contributed by atoms with Crippen molar-refractivity contribution < 1.29 is 14.3 Å². The lowest BCUT2D eigenvalue weighted by atomic mass is 10.1. The van der Waals surface area contributed by atoms with E-state index in [0.29, 0.717) is 16.3 Å². The number of rotatable bonds is 6. The first-order chi connectivity index (χ1) is 13.0. The van der Waals surface area contributed by atoms with Gasteiger partial charge in [0, 0.05) is 4.88 Å². The first-order valence-corrected chi connectivity index (χ1v) is 10.3. The Hall–Kier alpha value is -2.34. The number of anilines is 1. The molecule has 0 bridgehead atoms. The minimum Gasteiger partial charge on any atom is -0.481 e. The van der Waals surface area contributed by atoms with E-state index in [1.54, 1.807) is 6.92 Å². The van der Waals surface area contributed by atoms with Gasteiger partial charge < -0.3 is 15.8 Å². The van der Waals surface area contributed by atoms with Crippen molar-refractivity contribution in [2.45, 2.75) is 58.5 Å². The monoisotopic (exact) mass is 386 g/mol. The molecule has 144 valence electrons. The zero-order chi connectivity index (χ0) is 19.4. The second kappa shape index (κ2) is 8.57. The lowest BCUT2D eigenvalue weighted by Crippen LogP contribution is -2.30. The number of hydrogen-bond acceptors (Lipinski definition) is 4. The van der Waals surface area contributed by atoms with Gasteiger partial charge in [-0.1, -0.05) is 25.5 Å². The van der Waals surface area contributed by atoms with Crippen LogP contribution in [0.1, 0.15) is 59.5 Å². The fourth-order valence-corrected chi connectivity index (χ4v) is 4.66. The highest BCUT2D eigenvalue weighted by Gasteiger charge is 2.25. The maximum atomic E-state index is 12.6. The second-order valence-corrected chi connectivity index (χ2v) is 7.98. The zero-order valence-electron chi connectivity index (χ0n) is 15.8. The number of nitrogens with one attached hydrogen (secondary N) is 1. The molecule has 6 heteroatoms. The number of carbonyl (C=O) groups is 2. The summed E-state index contributed by atoms with van der Waals surface area (Å²) in [6.45, 7) is 3.79. The van der Waals surface area contributed by atoms with E-state index in [0.717, 1.165) is 44.1 Å². The van der Waals surface area contributed by atoms with E-state index in [9.17, 15) is 9.59 Å². The maximum Gasteiger partial charge on any atom is 0.265 e. The molecule has 1 unspecified atom stereocenters. The van der Waals surface area contributed by atoms with Crippen molar-refractivity contribution >= 4 is 28.2 Å². The molecule has 1 aromatic carbocycles. The Bertz CT molecular complexity index is 827. The number of benzene rings is 1. The highest BCUT2D eigenvalue weighted by molar-refractivity contribution is 7.17. The molecule has 3 N–H and O–H groups in total. The maximum absolute atomic E-state index is 12.6. The lowest BCUT2D eigenvalue weighted by Gasteiger charge is -2.15. The number of thiophene rings is 1. The summed E-state index contributed by atoms with van der Waals surface area (Å²) in [6, 6.07) is 7.71. The van der Waals surface area contributed by atoms with E-state index in [4.69, 9.17) is 10.5 Å². The topological polar surface area (TPSA) is 81.4 Å². The molecule has 0 spiro atoms. The van der Waals surface area contributed by atoms with Crippen LogP contribution in [-0.4, -0.2) is 17.9 Å². The molecule has 2 aromatic rings. The summed E-state index contributed by atoms with van der Waals surface area (Å²) in [7, 11) is 0. The minimum absolute atomic E-state index is 0.284. The van der Waals surface area contributed by atoms with Crippen LogP contribution >= 0.6 is 11.3 Å². The van der Waals surface area contributed by atoms with Crippen LogP contribution in [-0.2, 0) is 24.1 Å². The first kappa shape index (κ1) is 19.4. The Morgan fingerprint density at radius 2 is 1.89 bits per heavy atom. The number of hydrogen-bond donors (Lipinski definition) is 2. The average Bonchev–Trinajstić information content (AvgIpc) is 2.83. The number of carbonyl (C=O) groups excluding carboxylic acids is 2. The fourth-order valence-electron chi connectivity index (χ4n) is 3.37. The molecular formula is C21H26N2O3S. The molecule has 0 fully saturated rings. The largest absolute Gasteiger partial charge is 0.481 e. The van der Waals surface area contributed by atoms with Crippen LogP contribution in [0.5, 0.6) is 5.75 Å². The van der Waals surface area contributed by atoms with Gasteiger partial charge in [-0.2, -0.15) is 0 Å². The lowest BCUT2D eigenvalue weighted by molar-refractivity contribution is -0.122. The van der Waals surface area contributed by atoms with Crippen molar-refractivity contribution in [2.24, 2.45) is 5.73 Å². The van der Waals surface area contributed by atoms with E-state index in [1.165, 1.54) is 21.8 Å². The standard InChI is InChI=1S/C21H26N2O3S/c1-3-14-9-11-15(12-10-14)26-13(2)20(25)23-21-18(19(22)24)16-7-5-4-6-8-17(16)27-21/h9-13H,3-8H2,1-2H3,(H2,22,24)(H,23,25). The predicted octanol–water partition coefficient (Wildman–Crippen LogP) is 4.08. The van der Waals surface area contributed by atoms with Crippen LogP contribution in [0.15, 0.2) is 24.3 Å². The van der Waals surface area contributed by atoms with Gasteiger partial charge in [-0.15, -0.1) is 11.3 Å². The number of amides is 2. The quantitative estimate of drug-likeness (QED) is 0.734. The summed E-state index contributed by atoms with van der Waals surface area (Å²) >= 11 is 1.47. The zero-order valence-corrected chi connectivity index (χ0v) is 16.7. The minimum atomic E-state index is -0.680. The van der Waals surface area contributed by atoms with Crippen molar-refractivity contribution in [1.82, 2.24) is 0 Å². The molecular weight excluding hydrogens is 360 g/mol. The van der Waals surface area contributed by atoms with Crippen molar-refractivity contribution in [3.8, 4) is 5.75 Å². The van der Waals surface area contributed by atoms with Gasteiger partial charge in [0.05, 0.1) is 5.56 Å². The molecule has 0 radical (unpaired) electrons. The summed E-state index contributed by atoms with van der Waals surface area (Å²) in [6.07, 6.45) is 5.36. The third-order valence-electron chi connectivity index (χ3n) is 4.92. The molecule has 1 atom stereocenters. The van der Waals surface area contributed by atoms with Gasteiger partial charge in [-0.3, -0.25) is 9.59 Å². The smallest absolute Gasteiger partial charge is 0.265 e. The van der Waals surface area contributed by atoms with Gasteiger partial charge in [-0.25, -0.2) is 0 Å². The highest BCUT2D eigenvalue weighted by Crippen LogP contribution is 2.37. The summed E-state index contributed by atoms with van der Waals surface area (Å²) in [4.78, 5) is 25.8. The van der Waals surface area contributed by atoms with Gasteiger partial charge in [0.25, 0.3) is 11.8 Å². The van der Waals surface area contributed by atoms with Crippen LogP contribution in [0.25, 0.3) is 0 Å². The van der Waals surface area contributed by atoms with E-state index < -0.39 is 12.0 Å². The summed E-state index contributed by atoms with van der Waals surface area (Å²) < 4.78 is 5.75. The van der Waals surface area contributed by atoms with Crippen LogP contribution in [0.4, 0.5) is 5.00 Å². The Balaban J connectivity index is 1.73. The molecule has 2 amide bonds. The number of fused-ring (bicyclic) bond motifs is 1. The molecule has 1 aliphatic rings. The van der Waals surface area contributed by atoms with Gasteiger partial charge in [-0.05, 0) is 62.3 Å². The Morgan fingerprint density at radius 3 is 2.56 bits per heavy atom. The van der Waals surface area contributed by atoms with Crippen molar-refractivity contribution in [3.63, 3.8) is 0 Å². The van der Waals surface area contributed by atoms with Crippen LogP contribution in [0.3, 0.4) is 0 Å². The van der Waals surface area contributed by atoms with Crippen molar-refractivity contribution in [2.75, 3.05) is 5.32 Å². The Morgan fingerprint density at radius 1 is 1.19 bits per heavy atom. The average molecular weight is 387 g/mol. The second-order valence-electron chi connectivity index (χ2n) is 6.88. The predicted molar refractivity (Wildman–Crippen MR) is 109 cm³/mol. The van der Waals surface area contributed by atoms with Crippen LogP contribution in [0, 0.1) is 0 Å². The molecule has 3 rings (SSSR count). The van der Waals surface area contributed by atoms with E-state index in [1.807, 2.05) is 24.3 Å². The highest BCUT2D eigenvalue weighted by atomic mass is 32.1. The van der Waals surface area contributed by atoms with E-state index in [2.05, 4.69) is 12.2 Å². The molecule has 1 aromatic heterocycles. The molecule has 1 heterocycles. The number of nitrogens with two attached hydrogens (primary N) is 1. The number of aryl methyl sites for hydroxylation is 2. The summed E-state index contributed by atoms with van der Waals surface area (Å²) in [5.74, 6) is -0.117. The van der Waals surface area contributed by atoms with Gasteiger partial charge in [0.2, 0.25) is 0 Å². The fraction of sp³-hybridized carbons (Fsp3) is 0.429. The molecule has 0 saturated heterocycles. The Labute approximate surface area is 163 Å². The third kappa shape index (κ3) is 4.50. The number of ether oxygens (including phenoxy) is 1.